The van der Waals surface area contributed by atoms with Crippen molar-refractivity contribution in [2.75, 3.05) is 19.8 Å². The molecule has 0 aliphatic heterocycles. The van der Waals surface area contributed by atoms with Crippen LogP contribution in [0.1, 0.15) is 44.9 Å². The number of para-hydroxylation sites is 1. The summed E-state index contributed by atoms with van der Waals surface area (Å²) in [5.41, 5.74) is 1.42. The van der Waals surface area contributed by atoms with E-state index < -0.39 is 0 Å². The van der Waals surface area contributed by atoms with Gasteiger partial charge in [-0.2, -0.15) is 0 Å². The first kappa shape index (κ1) is 19.0. The highest BCUT2D eigenvalue weighted by Crippen LogP contribution is 2.19. The van der Waals surface area contributed by atoms with Gasteiger partial charge in [-0.1, -0.05) is 29.8 Å². The van der Waals surface area contributed by atoms with Crippen molar-refractivity contribution in [3.05, 3.63) is 42.0 Å². The van der Waals surface area contributed by atoms with Crippen molar-refractivity contribution in [3.63, 3.8) is 0 Å². The van der Waals surface area contributed by atoms with Gasteiger partial charge in [0.05, 0.1) is 6.61 Å². The molecule has 1 aliphatic carbocycles. The van der Waals surface area contributed by atoms with E-state index >= 15 is 0 Å². The van der Waals surface area contributed by atoms with E-state index in [2.05, 4.69) is 11.4 Å². The second-order valence-corrected chi connectivity index (χ2v) is 6.13. The maximum atomic E-state index is 11.7. The van der Waals surface area contributed by atoms with Crippen LogP contribution < -0.4 is 10.1 Å². The number of hydrogen-bond donors (Lipinski definition) is 1. The summed E-state index contributed by atoms with van der Waals surface area (Å²) in [5.74, 6) is 0.162. The topological polar surface area (TPSA) is 64.6 Å². The fraction of sp³-hybridized carbons (Fsp3) is 0.500. The molecule has 1 aromatic carbocycles. The van der Waals surface area contributed by atoms with Gasteiger partial charge in [0.1, 0.15) is 5.75 Å². The van der Waals surface area contributed by atoms with Gasteiger partial charge in [0.2, 0.25) is 0 Å². The molecule has 0 unspecified atom stereocenters. The number of amides is 1. The van der Waals surface area contributed by atoms with E-state index in [-0.39, 0.29) is 24.9 Å². The van der Waals surface area contributed by atoms with E-state index in [1.54, 1.807) is 0 Å². The average Bonchev–Trinajstić information content (AvgIpc) is 2.65. The molecule has 1 N–H and O–H groups in total. The van der Waals surface area contributed by atoms with Gasteiger partial charge in [0.15, 0.2) is 6.61 Å². The average molecular weight is 345 g/mol. The Morgan fingerprint density at radius 3 is 2.72 bits per heavy atom. The number of ether oxygens (including phenoxy) is 2. The standard InChI is InChI=1S/C20H27NO4/c22-19(21-14-13-17-8-3-1-4-9-17)16-25-20(23)12-7-15-24-18-10-5-2-6-11-18/h2,5-6,8,10-11H,1,3-4,7,9,12-16H2,(H,21,22). The lowest BCUT2D eigenvalue weighted by atomic mass is 9.97. The zero-order chi connectivity index (χ0) is 17.7. The van der Waals surface area contributed by atoms with E-state index in [0.29, 0.717) is 19.6 Å². The molecule has 0 heterocycles. The molecule has 0 atom stereocenters. The van der Waals surface area contributed by atoms with E-state index in [1.165, 1.54) is 18.4 Å². The summed E-state index contributed by atoms with van der Waals surface area (Å²) in [6.45, 7) is 0.838. The van der Waals surface area contributed by atoms with Gasteiger partial charge in [0.25, 0.3) is 5.91 Å². The highest BCUT2D eigenvalue weighted by molar-refractivity contribution is 5.80. The van der Waals surface area contributed by atoms with Crippen LogP contribution >= 0.6 is 0 Å². The normalized spacial score (nSPS) is 13.7. The summed E-state index contributed by atoms with van der Waals surface area (Å²) in [6.07, 6.45) is 8.75. The molecule has 25 heavy (non-hydrogen) atoms. The molecule has 0 saturated heterocycles. The van der Waals surface area contributed by atoms with Crippen molar-refractivity contribution in [1.82, 2.24) is 5.32 Å². The predicted molar refractivity (Wildman–Crippen MR) is 96.3 cm³/mol. The van der Waals surface area contributed by atoms with Crippen molar-refractivity contribution >= 4 is 11.9 Å². The third kappa shape index (κ3) is 8.38. The first-order valence-corrected chi connectivity index (χ1v) is 9.02. The van der Waals surface area contributed by atoms with Gasteiger partial charge in [0, 0.05) is 13.0 Å². The summed E-state index contributed by atoms with van der Waals surface area (Å²) >= 11 is 0. The third-order valence-electron chi connectivity index (χ3n) is 4.05. The van der Waals surface area contributed by atoms with E-state index in [4.69, 9.17) is 9.47 Å². The molecule has 136 valence electrons. The minimum Gasteiger partial charge on any atom is -0.494 e. The molecule has 0 bridgehead atoms. The van der Waals surface area contributed by atoms with Crippen molar-refractivity contribution in [3.8, 4) is 5.75 Å². The van der Waals surface area contributed by atoms with Crippen LogP contribution in [0, 0.1) is 0 Å². The number of allylic oxidation sites excluding steroid dienone is 1. The first-order valence-electron chi connectivity index (χ1n) is 9.02. The summed E-state index contributed by atoms with van der Waals surface area (Å²) in [5, 5.41) is 2.79. The molecule has 0 radical (unpaired) electrons. The van der Waals surface area contributed by atoms with Gasteiger partial charge in [-0.15, -0.1) is 0 Å². The molecule has 0 aromatic heterocycles. The van der Waals surface area contributed by atoms with Crippen LogP contribution in [0.4, 0.5) is 0 Å². The van der Waals surface area contributed by atoms with E-state index in [9.17, 15) is 9.59 Å². The molecular formula is C20H27NO4. The molecule has 1 aromatic rings. The van der Waals surface area contributed by atoms with Gasteiger partial charge in [-0.05, 0) is 50.7 Å². The third-order valence-corrected chi connectivity index (χ3v) is 4.05. The minimum atomic E-state index is -0.373. The van der Waals surface area contributed by atoms with Crippen LogP contribution in [0.3, 0.4) is 0 Å². The van der Waals surface area contributed by atoms with Crippen LogP contribution in [-0.2, 0) is 14.3 Å². The maximum Gasteiger partial charge on any atom is 0.306 e. The number of rotatable bonds is 10. The lowest BCUT2D eigenvalue weighted by Gasteiger charge is -2.13. The molecule has 2 rings (SSSR count). The molecule has 0 spiro atoms. The number of hydrogen-bond acceptors (Lipinski definition) is 4. The zero-order valence-electron chi connectivity index (χ0n) is 14.7. The van der Waals surface area contributed by atoms with Crippen molar-refractivity contribution < 1.29 is 19.1 Å². The van der Waals surface area contributed by atoms with Gasteiger partial charge < -0.3 is 14.8 Å². The number of nitrogens with one attached hydrogen (secondary N) is 1. The lowest BCUT2D eigenvalue weighted by Crippen LogP contribution is -2.29. The second kappa shape index (κ2) is 11.3. The Morgan fingerprint density at radius 2 is 1.96 bits per heavy atom. The van der Waals surface area contributed by atoms with Gasteiger partial charge in [-0.25, -0.2) is 0 Å². The highest BCUT2D eigenvalue weighted by Gasteiger charge is 2.08. The zero-order valence-corrected chi connectivity index (χ0v) is 14.7. The molecule has 1 amide bonds. The number of carbonyl (C=O) groups is 2. The van der Waals surface area contributed by atoms with Crippen LogP contribution in [0.5, 0.6) is 5.75 Å². The minimum absolute atomic E-state index is 0.211. The monoisotopic (exact) mass is 345 g/mol. The quantitative estimate of drug-likeness (QED) is 0.401. The Kier molecular flexibility index (Phi) is 8.59. The lowest BCUT2D eigenvalue weighted by molar-refractivity contribution is -0.148. The Balaban J connectivity index is 1.48. The molecule has 0 saturated carbocycles. The Labute approximate surface area is 149 Å². The fourth-order valence-electron chi connectivity index (χ4n) is 2.69. The molecule has 0 fully saturated rings. The number of esters is 1. The Morgan fingerprint density at radius 1 is 1.12 bits per heavy atom. The molecule has 1 aliphatic rings. The van der Waals surface area contributed by atoms with Gasteiger partial charge in [-0.3, -0.25) is 9.59 Å². The highest BCUT2D eigenvalue weighted by atomic mass is 16.5. The first-order chi connectivity index (χ1) is 12.2. The van der Waals surface area contributed by atoms with Crippen molar-refractivity contribution in [1.29, 1.82) is 0 Å². The largest absolute Gasteiger partial charge is 0.494 e. The smallest absolute Gasteiger partial charge is 0.306 e. The number of carbonyl (C=O) groups excluding carboxylic acids is 2. The van der Waals surface area contributed by atoms with Crippen LogP contribution in [0.15, 0.2) is 42.0 Å². The number of benzene rings is 1. The summed E-state index contributed by atoms with van der Waals surface area (Å²) in [4.78, 5) is 23.3. The van der Waals surface area contributed by atoms with E-state index in [1.807, 2.05) is 30.3 Å². The predicted octanol–water partition coefficient (Wildman–Crippen LogP) is 3.40. The van der Waals surface area contributed by atoms with Crippen LogP contribution in [-0.4, -0.2) is 31.6 Å². The van der Waals surface area contributed by atoms with Crippen LogP contribution in [0.2, 0.25) is 0 Å². The molecule has 5 heteroatoms. The summed E-state index contributed by atoms with van der Waals surface area (Å²) in [7, 11) is 0. The second-order valence-electron chi connectivity index (χ2n) is 6.13. The SMILES string of the molecule is O=C(COC(=O)CCCOc1ccccc1)NCCC1=CCCCC1. The van der Waals surface area contributed by atoms with E-state index in [0.717, 1.165) is 25.0 Å². The molecular weight excluding hydrogens is 318 g/mol. The Bertz CT molecular complexity index is 568. The fourth-order valence-corrected chi connectivity index (χ4v) is 2.69. The maximum absolute atomic E-state index is 11.7. The summed E-state index contributed by atoms with van der Waals surface area (Å²) < 4.78 is 10.5. The van der Waals surface area contributed by atoms with Crippen molar-refractivity contribution in [2.24, 2.45) is 0 Å². The van der Waals surface area contributed by atoms with Gasteiger partial charge >= 0.3 is 5.97 Å². The Hall–Kier alpha value is -2.30. The molecule has 5 nitrogen and oxygen atoms in total. The van der Waals surface area contributed by atoms with Crippen molar-refractivity contribution in [2.45, 2.75) is 44.9 Å². The van der Waals surface area contributed by atoms with Crippen LogP contribution in [0.25, 0.3) is 0 Å². The summed E-state index contributed by atoms with van der Waals surface area (Å²) in [6, 6.07) is 9.44.